The standard InChI is InChI=1S/C7H12N4.ClH/c8-7(9)3-1-2-6-4-10-11-5-6;/h4-5H,1-3H2,(H3,8,9)(H,10,11);1H. The van der Waals surface area contributed by atoms with E-state index < -0.39 is 0 Å². The van der Waals surface area contributed by atoms with Gasteiger partial charge in [0.25, 0.3) is 0 Å². The minimum absolute atomic E-state index is 0. The van der Waals surface area contributed by atoms with E-state index in [4.69, 9.17) is 11.1 Å². The van der Waals surface area contributed by atoms with Gasteiger partial charge in [-0.2, -0.15) is 5.10 Å². The molecule has 0 aliphatic rings. The molecule has 0 saturated heterocycles. The highest BCUT2D eigenvalue weighted by Crippen LogP contribution is 2.00. The molecule has 0 unspecified atom stereocenters. The molecule has 0 atom stereocenters. The number of hydrogen-bond acceptors (Lipinski definition) is 2. The van der Waals surface area contributed by atoms with Gasteiger partial charge in [-0.05, 0) is 18.4 Å². The Kier molecular flexibility index (Phi) is 5.12. The molecule has 1 aromatic rings. The molecule has 12 heavy (non-hydrogen) atoms. The van der Waals surface area contributed by atoms with E-state index in [2.05, 4.69) is 10.2 Å². The van der Waals surface area contributed by atoms with Crippen LogP contribution in [-0.2, 0) is 6.42 Å². The number of nitrogens with one attached hydrogen (secondary N) is 2. The summed E-state index contributed by atoms with van der Waals surface area (Å²) in [5.41, 5.74) is 6.36. The van der Waals surface area contributed by atoms with E-state index in [1.54, 1.807) is 6.20 Å². The highest BCUT2D eigenvalue weighted by atomic mass is 35.5. The number of halogens is 1. The van der Waals surface area contributed by atoms with Crippen molar-refractivity contribution < 1.29 is 0 Å². The molecule has 0 aliphatic carbocycles. The number of aromatic amines is 1. The molecule has 1 heterocycles. The normalized spacial score (nSPS) is 9.00. The van der Waals surface area contributed by atoms with Crippen LogP contribution in [0.4, 0.5) is 0 Å². The molecule has 5 heteroatoms. The highest BCUT2D eigenvalue weighted by molar-refractivity contribution is 5.85. The Bertz CT molecular complexity index is 219. The Morgan fingerprint density at radius 3 is 2.92 bits per heavy atom. The predicted octanol–water partition coefficient (Wildman–Crippen LogP) is 1.09. The van der Waals surface area contributed by atoms with Crippen molar-refractivity contribution in [3.05, 3.63) is 18.0 Å². The lowest BCUT2D eigenvalue weighted by atomic mass is 10.1. The van der Waals surface area contributed by atoms with Crippen LogP contribution in [0, 0.1) is 5.41 Å². The van der Waals surface area contributed by atoms with Gasteiger partial charge >= 0.3 is 0 Å². The van der Waals surface area contributed by atoms with Gasteiger partial charge in [0, 0.05) is 12.6 Å². The third kappa shape index (κ3) is 3.98. The molecule has 1 aromatic heterocycles. The second kappa shape index (κ2) is 5.60. The van der Waals surface area contributed by atoms with Crippen molar-refractivity contribution in [2.45, 2.75) is 19.3 Å². The van der Waals surface area contributed by atoms with Crippen LogP contribution in [-0.4, -0.2) is 16.0 Å². The van der Waals surface area contributed by atoms with E-state index in [-0.39, 0.29) is 18.2 Å². The minimum atomic E-state index is 0. The van der Waals surface area contributed by atoms with Gasteiger partial charge < -0.3 is 5.73 Å². The van der Waals surface area contributed by atoms with Crippen molar-refractivity contribution in [2.24, 2.45) is 5.73 Å². The van der Waals surface area contributed by atoms with Crippen molar-refractivity contribution in [1.82, 2.24) is 10.2 Å². The summed E-state index contributed by atoms with van der Waals surface area (Å²) >= 11 is 0. The zero-order valence-electron chi connectivity index (χ0n) is 6.71. The summed E-state index contributed by atoms with van der Waals surface area (Å²) in [6.07, 6.45) is 6.19. The average molecular weight is 189 g/mol. The highest BCUT2D eigenvalue weighted by Gasteiger charge is 1.94. The molecule has 4 N–H and O–H groups in total. The maximum atomic E-state index is 6.98. The summed E-state index contributed by atoms with van der Waals surface area (Å²) < 4.78 is 0. The van der Waals surface area contributed by atoms with E-state index in [9.17, 15) is 0 Å². The number of aromatic nitrogens is 2. The van der Waals surface area contributed by atoms with E-state index in [0.717, 1.165) is 12.8 Å². The van der Waals surface area contributed by atoms with Gasteiger partial charge in [0.2, 0.25) is 0 Å². The van der Waals surface area contributed by atoms with Crippen molar-refractivity contribution in [2.75, 3.05) is 0 Å². The monoisotopic (exact) mass is 188 g/mol. The first-order valence-electron chi connectivity index (χ1n) is 3.59. The number of hydrogen-bond donors (Lipinski definition) is 3. The van der Waals surface area contributed by atoms with Crippen molar-refractivity contribution in [1.29, 1.82) is 5.41 Å². The van der Waals surface area contributed by atoms with Gasteiger partial charge in [-0.1, -0.05) is 0 Å². The number of amidine groups is 1. The van der Waals surface area contributed by atoms with Gasteiger partial charge in [0.15, 0.2) is 0 Å². The van der Waals surface area contributed by atoms with Crippen LogP contribution in [0.2, 0.25) is 0 Å². The van der Waals surface area contributed by atoms with Gasteiger partial charge in [-0.25, -0.2) is 0 Å². The first-order chi connectivity index (χ1) is 5.29. The van der Waals surface area contributed by atoms with Gasteiger partial charge in [-0.15, -0.1) is 12.4 Å². The van der Waals surface area contributed by atoms with Crippen LogP contribution in [0.5, 0.6) is 0 Å². The quantitative estimate of drug-likeness (QED) is 0.489. The summed E-state index contributed by atoms with van der Waals surface area (Å²) in [6.45, 7) is 0. The van der Waals surface area contributed by atoms with Crippen LogP contribution in [0.25, 0.3) is 0 Å². The lowest BCUT2D eigenvalue weighted by Gasteiger charge is -1.95. The van der Waals surface area contributed by atoms with E-state index >= 15 is 0 Å². The maximum Gasteiger partial charge on any atom is 0.0905 e. The summed E-state index contributed by atoms with van der Waals surface area (Å²) in [5, 5.41) is 13.5. The molecule has 68 valence electrons. The van der Waals surface area contributed by atoms with Crippen LogP contribution < -0.4 is 5.73 Å². The first kappa shape index (κ1) is 11.0. The SMILES string of the molecule is Cl.N=C(N)CCCc1cn[nH]c1. The smallest absolute Gasteiger partial charge is 0.0905 e. The molecular weight excluding hydrogens is 176 g/mol. The molecule has 0 bridgehead atoms. The lowest BCUT2D eigenvalue weighted by Crippen LogP contribution is -2.08. The van der Waals surface area contributed by atoms with Crippen LogP contribution in [0.15, 0.2) is 12.4 Å². The number of rotatable bonds is 4. The summed E-state index contributed by atoms with van der Waals surface area (Å²) in [7, 11) is 0. The van der Waals surface area contributed by atoms with E-state index in [1.165, 1.54) is 5.56 Å². The fourth-order valence-electron chi connectivity index (χ4n) is 0.897. The lowest BCUT2D eigenvalue weighted by molar-refractivity contribution is 0.858. The fourth-order valence-corrected chi connectivity index (χ4v) is 0.897. The van der Waals surface area contributed by atoms with Crippen molar-refractivity contribution in [3.63, 3.8) is 0 Å². The van der Waals surface area contributed by atoms with Crippen LogP contribution in [0.3, 0.4) is 0 Å². The summed E-state index contributed by atoms with van der Waals surface area (Å²) in [6, 6.07) is 0. The molecule has 1 rings (SSSR count). The van der Waals surface area contributed by atoms with Crippen molar-refractivity contribution in [3.8, 4) is 0 Å². The van der Waals surface area contributed by atoms with E-state index in [0.29, 0.717) is 6.42 Å². The average Bonchev–Trinajstić information content (AvgIpc) is 2.39. The predicted molar refractivity (Wildman–Crippen MR) is 50.7 cm³/mol. The van der Waals surface area contributed by atoms with Crippen LogP contribution in [0.1, 0.15) is 18.4 Å². The first-order valence-corrected chi connectivity index (χ1v) is 3.59. The second-order valence-electron chi connectivity index (χ2n) is 2.49. The summed E-state index contributed by atoms with van der Waals surface area (Å²) in [5.74, 6) is 0.258. The second-order valence-corrected chi connectivity index (χ2v) is 2.49. The molecule has 0 radical (unpaired) electrons. The number of nitrogens with zero attached hydrogens (tertiary/aromatic N) is 1. The number of nitrogens with two attached hydrogens (primary N) is 1. The molecule has 0 spiro atoms. The van der Waals surface area contributed by atoms with Crippen LogP contribution >= 0.6 is 12.4 Å². The molecule has 0 amide bonds. The Morgan fingerprint density at radius 2 is 2.42 bits per heavy atom. The molecule has 0 fully saturated rings. The Morgan fingerprint density at radius 1 is 1.67 bits per heavy atom. The zero-order chi connectivity index (χ0) is 8.10. The molecule has 0 aliphatic heterocycles. The Hall–Kier alpha value is -1.03. The van der Waals surface area contributed by atoms with Gasteiger partial charge in [0.05, 0.1) is 12.0 Å². The zero-order valence-corrected chi connectivity index (χ0v) is 7.53. The number of aryl methyl sites for hydroxylation is 1. The van der Waals surface area contributed by atoms with E-state index in [1.807, 2.05) is 6.20 Å². The minimum Gasteiger partial charge on any atom is -0.388 e. The molecular formula is C7H13ClN4. The number of H-pyrrole nitrogens is 1. The van der Waals surface area contributed by atoms with Gasteiger partial charge in [-0.3, -0.25) is 10.5 Å². The fraction of sp³-hybridized carbons (Fsp3) is 0.429. The molecule has 0 saturated carbocycles. The Labute approximate surface area is 77.5 Å². The largest absolute Gasteiger partial charge is 0.388 e. The van der Waals surface area contributed by atoms with Crippen molar-refractivity contribution >= 4 is 18.2 Å². The molecule has 4 nitrogen and oxygen atoms in total. The Balaban J connectivity index is 0.00000121. The van der Waals surface area contributed by atoms with Gasteiger partial charge in [0.1, 0.15) is 0 Å². The third-order valence-corrected chi connectivity index (χ3v) is 1.47. The molecule has 0 aromatic carbocycles. The summed E-state index contributed by atoms with van der Waals surface area (Å²) in [4.78, 5) is 0. The maximum absolute atomic E-state index is 6.98. The topological polar surface area (TPSA) is 78.6 Å². The third-order valence-electron chi connectivity index (χ3n) is 1.47.